The number of carbonyl (C=O) groups excluding carboxylic acids is 1. The highest BCUT2D eigenvalue weighted by atomic mass is 19.4. The number of alkyl halides is 3. The molecule has 0 saturated heterocycles. The van der Waals surface area contributed by atoms with E-state index >= 15 is 0 Å². The van der Waals surface area contributed by atoms with Gasteiger partial charge in [0.25, 0.3) is 0 Å². The Morgan fingerprint density at radius 3 is 2.48 bits per heavy atom. The summed E-state index contributed by atoms with van der Waals surface area (Å²) in [7, 11) is 0. The minimum absolute atomic E-state index is 0.118. The highest BCUT2D eigenvalue weighted by Gasteiger charge is 2.35. The van der Waals surface area contributed by atoms with Crippen LogP contribution >= 0.6 is 0 Å². The van der Waals surface area contributed by atoms with Crippen molar-refractivity contribution in [2.75, 3.05) is 6.54 Å². The van der Waals surface area contributed by atoms with Crippen molar-refractivity contribution >= 4 is 5.91 Å². The molecule has 0 fully saturated rings. The maximum atomic E-state index is 12.7. The van der Waals surface area contributed by atoms with Crippen LogP contribution in [0.3, 0.4) is 0 Å². The van der Waals surface area contributed by atoms with Gasteiger partial charge in [0.1, 0.15) is 0 Å². The average Bonchev–Trinajstić information content (AvgIpc) is 2.94. The molecule has 27 heavy (non-hydrogen) atoms. The molecule has 0 aliphatic heterocycles. The van der Waals surface area contributed by atoms with E-state index in [1.807, 2.05) is 18.2 Å². The van der Waals surface area contributed by atoms with Crippen molar-refractivity contribution < 1.29 is 23.1 Å². The number of fused-ring (bicyclic) bond motifs is 1. The smallest absolute Gasteiger partial charge is 0.390 e. The summed E-state index contributed by atoms with van der Waals surface area (Å²) in [5, 5.41) is 15.3. The SMILES string of the molecule is O=C(N[C@H]1c2ccccc2C[C@H]1O)[C@H](Cc1ccccc1)NCC(F)(F)F. The van der Waals surface area contributed by atoms with Crippen LogP contribution in [0.2, 0.25) is 0 Å². The molecule has 2 aromatic rings. The van der Waals surface area contributed by atoms with Gasteiger partial charge in [0.2, 0.25) is 5.91 Å². The Kier molecular flexibility index (Phi) is 5.82. The van der Waals surface area contributed by atoms with Crippen molar-refractivity contribution in [1.82, 2.24) is 10.6 Å². The Hall–Kier alpha value is -2.38. The van der Waals surface area contributed by atoms with Crippen molar-refractivity contribution in [3.8, 4) is 0 Å². The molecule has 144 valence electrons. The number of carbonyl (C=O) groups is 1. The predicted octanol–water partition coefficient (Wildman–Crippen LogP) is 2.52. The standard InChI is InChI=1S/C20H21F3N2O2/c21-20(22,23)12-24-16(10-13-6-2-1-3-7-13)19(27)25-18-15-9-5-4-8-14(15)11-17(18)26/h1-9,16-18,24,26H,10-12H2,(H,25,27)/t16-,17+,18-/m0/s1. The molecule has 2 aromatic carbocycles. The molecule has 7 heteroatoms. The number of nitrogens with one attached hydrogen (secondary N) is 2. The molecule has 4 nitrogen and oxygen atoms in total. The molecule has 1 amide bonds. The second kappa shape index (κ2) is 8.10. The number of hydrogen-bond donors (Lipinski definition) is 3. The Balaban J connectivity index is 1.74. The number of rotatable bonds is 6. The first kappa shape index (κ1) is 19.4. The molecule has 0 heterocycles. The van der Waals surface area contributed by atoms with Gasteiger partial charge in [-0.3, -0.25) is 10.1 Å². The fraction of sp³-hybridized carbons (Fsp3) is 0.350. The van der Waals surface area contributed by atoms with Gasteiger partial charge in [0, 0.05) is 6.42 Å². The van der Waals surface area contributed by atoms with Crippen LogP contribution in [0.4, 0.5) is 13.2 Å². The molecular weight excluding hydrogens is 357 g/mol. The fourth-order valence-corrected chi connectivity index (χ4v) is 3.35. The van der Waals surface area contributed by atoms with E-state index in [1.165, 1.54) is 0 Å². The highest BCUT2D eigenvalue weighted by Crippen LogP contribution is 2.31. The molecule has 0 saturated carbocycles. The summed E-state index contributed by atoms with van der Waals surface area (Å²) >= 11 is 0. The summed E-state index contributed by atoms with van der Waals surface area (Å²) in [5.74, 6) is -0.566. The van der Waals surface area contributed by atoms with E-state index in [0.29, 0.717) is 6.42 Å². The molecule has 1 aliphatic rings. The third kappa shape index (κ3) is 5.08. The molecule has 0 unspecified atom stereocenters. The Morgan fingerprint density at radius 2 is 1.78 bits per heavy atom. The van der Waals surface area contributed by atoms with E-state index in [2.05, 4.69) is 10.6 Å². The number of hydrogen-bond acceptors (Lipinski definition) is 3. The third-order valence-electron chi connectivity index (χ3n) is 4.65. The Bertz CT molecular complexity index is 780. The lowest BCUT2D eigenvalue weighted by molar-refractivity contribution is -0.132. The van der Waals surface area contributed by atoms with Gasteiger partial charge in [-0.25, -0.2) is 0 Å². The lowest BCUT2D eigenvalue weighted by Gasteiger charge is -2.24. The number of aliphatic hydroxyl groups is 1. The summed E-state index contributed by atoms with van der Waals surface area (Å²) in [4.78, 5) is 12.7. The van der Waals surface area contributed by atoms with Crippen molar-refractivity contribution in [3.63, 3.8) is 0 Å². The number of aliphatic hydroxyl groups excluding tert-OH is 1. The van der Waals surface area contributed by atoms with Crippen LogP contribution in [0, 0.1) is 0 Å². The summed E-state index contributed by atoms with van der Waals surface area (Å²) in [5.41, 5.74) is 2.48. The van der Waals surface area contributed by atoms with E-state index < -0.39 is 36.8 Å². The van der Waals surface area contributed by atoms with Gasteiger partial charge in [-0.2, -0.15) is 13.2 Å². The average molecular weight is 378 g/mol. The molecular formula is C20H21F3N2O2. The van der Waals surface area contributed by atoms with Crippen LogP contribution in [0.1, 0.15) is 22.7 Å². The Morgan fingerprint density at radius 1 is 1.11 bits per heavy atom. The van der Waals surface area contributed by atoms with Gasteiger partial charge < -0.3 is 10.4 Å². The van der Waals surface area contributed by atoms with Crippen molar-refractivity contribution in [3.05, 3.63) is 71.3 Å². The van der Waals surface area contributed by atoms with Gasteiger partial charge in [-0.1, -0.05) is 54.6 Å². The quantitative estimate of drug-likeness (QED) is 0.724. The zero-order chi connectivity index (χ0) is 19.4. The molecule has 0 spiro atoms. The topological polar surface area (TPSA) is 61.4 Å². The van der Waals surface area contributed by atoms with Crippen LogP contribution in [0.25, 0.3) is 0 Å². The van der Waals surface area contributed by atoms with E-state index in [4.69, 9.17) is 0 Å². The minimum atomic E-state index is -4.42. The lowest BCUT2D eigenvalue weighted by Crippen LogP contribution is -2.50. The summed E-state index contributed by atoms with van der Waals surface area (Å²) < 4.78 is 37.9. The maximum Gasteiger partial charge on any atom is 0.401 e. The third-order valence-corrected chi connectivity index (χ3v) is 4.65. The zero-order valence-electron chi connectivity index (χ0n) is 14.5. The molecule has 3 rings (SSSR count). The molecule has 1 aliphatic carbocycles. The maximum absolute atomic E-state index is 12.7. The zero-order valence-corrected chi connectivity index (χ0v) is 14.5. The summed E-state index contributed by atoms with van der Waals surface area (Å²) in [6.07, 6.45) is -4.70. The van der Waals surface area contributed by atoms with Crippen LogP contribution in [0.15, 0.2) is 54.6 Å². The van der Waals surface area contributed by atoms with Gasteiger partial charge >= 0.3 is 6.18 Å². The van der Waals surface area contributed by atoms with E-state index in [-0.39, 0.29) is 6.42 Å². The predicted molar refractivity (Wildman–Crippen MR) is 95.0 cm³/mol. The van der Waals surface area contributed by atoms with Gasteiger partial charge in [-0.05, 0) is 23.1 Å². The van der Waals surface area contributed by atoms with E-state index in [0.717, 1.165) is 16.7 Å². The van der Waals surface area contributed by atoms with Gasteiger partial charge in [0.05, 0.1) is 24.7 Å². The fourth-order valence-electron chi connectivity index (χ4n) is 3.35. The van der Waals surface area contributed by atoms with Crippen LogP contribution in [0.5, 0.6) is 0 Å². The first-order valence-corrected chi connectivity index (χ1v) is 8.74. The highest BCUT2D eigenvalue weighted by molar-refractivity contribution is 5.82. The largest absolute Gasteiger partial charge is 0.401 e. The first-order valence-electron chi connectivity index (χ1n) is 8.74. The van der Waals surface area contributed by atoms with Crippen LogP contribution in [-0.4, -0.2) is 35.9 Å². The number of halogens is 3. The van der Waals surface area contributed by atoms with Gasteiger partial charge in [0.15, 0.2) is 0 Å². The second-order valence-electron chi connectivity index (χ2n) is 6.69. The molecule has 3 atom stereocenters. The number of benzene rings is 2. The van der Waals surface area contributed by atoms with Crippen LogP contribution < -0.4 is 10.6 Å². The monoisotopic (exact) mass is 378 g/mol. The number of amides is 1. The summed E-state index contributed by atoms with van der Waals surface area (Å²) in [6, 6.07) is 14.5. The van der Waals surface area contributed by atoms with Gasteiger partial charge in [-0.15, -0.1) is 0 Å². The minimum Gasteiger partial charge on any atom is -0.390 e. The van der Waals surface area contributed by atoms with Crippen molar-refractivity contribution in [2.45, 2.75) is 37.2 Å². The molecule has 0 aromatic heterocycles. The second-order valence-corrected chi connectivity index (χ2v) is 6.69. The van der Waals surface area contributed by atoms with E-state index in [1.54, 1.807) is 36.4 Å². The van der Waals surface area contributed by atoms with Crippen molar-refractivity contribution in [2.24, 2.45) is 0 Å². The van der Waals surface area contributed by atoms with Crippen LogP contribution in [-0.2, 0) is 17.6 Å². The normalized spacial score (nSPS) is 20.1. The molecule has 3 N–H and O–H groups in total. The molecule has 0 radical (unpaired) electrons. The lowest BCUT2D eigenvalue weighted by atomic mass is 10.0. The summed E-state index contributed by atoms with van der Waals surface area (Å²) in [6.45, 7) is -1.26. The first-order chi connectivity index (χ1) is 12.8. The molecule has 0 bridgehead atoms. The Labute approximate surface area is 155 Å². The van der Waals surface area contributed by atoms with E-state index in [9.17, 15) is 23.1 Å². The van der Waals surface area contributed by atoms with Crippen molar-refractivity contribution in [1.29, 1.82) is 0 Å².